The third-order valence-corrected chi connectivity index (χ3v) is 10.7. The van der Waals surface area contributed by atoms with E-state index in [1.807, 2.05) is 41.9 Å². The van der Waals surface area contributed by atoms with Gasteiger partial charge in [-0.25, -0.2) is 4.68 Å². The Labute approximate surface area is 312 Å². The summed E-state index contributed by atoms with van der Waals surface area (Å²) in [4.78, 5) is 2.06. The van der Waals surface area contributed by atoms with Gasteiger partial charge in [0.15, 0.2) is 5.82 Å². The molecule has 53 heavy (non-hydrogen) atoms. The Morgan fingerprint density at radius 3 is 1.79 bits per heavy atom. The van der Waals surface area contributed by atoms with Crippen LogP contribution in [0.3, 0.4) is 0 Å². The fourth-order valence-electron chi connectivity index (χ4n) is 7.73. The van der Waals surface area contributed by atoms with Crippen molar-refractivity contribution in [2.75, 3.05) is 4.90 Å². The van der Waals surface area contributed by atoms with Crippen molar-refractivity contribution in [2.24, 2.45) is 0 Å². The van der Waals surface area contributed by atoms with Crippen LogP contribution in [0.5, 0.6) is 0 Å². The first-order valence-electron chi connectivity index (χ1n) is 18.4. The number of rotatable bonds is 12. The first-order valence-corrected chi connectivity index (χ1v) is 18.4. The summed E-state index contributed by atoms with van der Waals surface area (Å²) < 4.78 is 1.96. The molecule has 266 valence electrons. The van der Waals surface area contributed by atoms with E-state index in [0.717, 1.165) is 58.3 Å². The van der Waals surface area contributed by atoms with Crippen LogP contribution < -0.4 is 10.2 Å². The van der Waals surface area contributed by atoms with Crippen LogP contribution in [0.1, 0.15) is 70.1 Å². The van der Waals surface area contributed by atoms with Gasteiger partial charge in [0.25, 0.3) is 0 Å². The van der Waals surface area contributed by atoms with Gasteiger partial charge in [-0.05, 0) is 83.5 Å². The van der Waals surface area contributed by atoms with Crippen LogP contribution in [-0.4, -0.2) is 36.6 Å². The predicted octanol–water partition coefficient (Wildman–Crippen LogP) is 9.06. The van der Waals surface area contributed by atoms with Gasteiger partial charge >= 0.3 is 0 Å². The lowest BCUT2D eigenvalue weighted by molar-refractivity contribution is 0.0840. The number of unbranched alkanes of at least 4 members (excludes halogenated alkanes) is 1. The number of benzene rings is 5. The molecule has 7 rings (SSSR count). The number of nitriles is 1. The summed E-state index contributed by atoms with van der Waals surface area (Å²) >= 11 is 0. The maximum absolute atomic E-state index is 11.3. The lowest BCUT2D eigenvalue weighted by Gasteiger charge is -2.38. The van der Waals surface area contributed by atoms with E-state index >= 15 is 0 Å². The molecule has 1 aliphatic heterocycles. The van der Waals surface area contributed by atoms with Gasteiger partial charge in [-0.3, -0.25) is 0 Å². The number of nitrogens with one attached hydrogen (secondary N) is 1. The summed E-state index contributed by atoms with van der Waals surface area (Å²) in [6, 6.07) is 50.1. The highest BCUT2D eigenvalue weighted by Crippen LogP contribution is 2.45. The van der Waals surface area contributed by atoms with Crippen molar-refractivity contribution < 1.29 is 5.11 Å². The van der Waals surface area contributed by atoms with Gasteiger partial charge in [-0.1, -0.05) is 148 Å². The molecule has 1 aromatic heterocycles. The summed E-state index contributed by atoms with van der Waals surface area (Å²) in [5.41, 5.74) is 5.18. The molecule has 0 saturated carbocycles. The molecule has 5 aromatic carbocycles. The monoisotopic (exact) mass is 699 g/mol. The second kappa shape index (κ2) is 14.5. The van der Waals surface area contributed by atoms with Crippen LogP contribution in [0, 0.1) is 11.3 Å². The van der Waals surface area contributed by atoms with Gasteiger partial charge in [-0.15, -0.1) is 5.10 Å². The molecule has 0 saturated heterocycles. The van der Waals surface area contributed by atoms with E-state index in [-0.39, 0.29) is 0 Å². The number of aromatic nitrogens is 4. The average molecular weight is 700 g/mol. The van der Waals surface area contributed by atoms with E-state index in [0.29, 0.717) is 23.6 Å². The molecular weight excluding hydrogens is 655 g/mol. The minimum atomic E-state index is -1.16. The standard InChI is InChI=1S/C45H45N7O/c1-5-7-31-44(4)47-41(43(3,53)6-2)40(32-46)51(44)37-29-27-33(28-30-37)38-25-17-18-26-39(38)42-48-49-50-52(42)45(34-19-11-8-12-20-34,35-21-13-9-14-22-35)36-23-15-10-16-24-36/h8-30,47,53H,5-7,31H2,1-4H3. The third-order valence-electron chi connectivity index (χ3n) is 10.7. The fraction of sp³-hybridized carbons (Fsp3) is 0.244. The number of hydrogen-bond donors (Lipinski definition) is 2. The summed E-state index contributed by atoms with van der Waals surface area (Å²) in [5.74, 6) is 0.623. The molecule has 0 bridgehead atoms. The first-order chi connectivity index (χ1) is 25.8. The third kappa shape index (κ3) is 6.17. The predicted molar refractivity (Wildman–Crippen MR) is 210 cm³/mol. The normalized spacial score (nSPS) is 16.9. The summed E-state index contributed by atoms with van der Waals surface area (Å²) in [5, 5.41) is 39.2. The molecule has 0 fully saturated rings. The Morgan fingerprint density at radius 2 is 1.28 bits per heavy atom. The Kier molecular flexibility index (Phi) is 9.70. The van der Waals surface area contributed by atoms with E-state index in [9.17, 15) is 10.4 Å². The Bertz CT molecular complexity index is 2140. The molecule has 8 heteroatoms. The molecule has 0 radical (unpaired) electrons. The maximum atomic E-state index is 11.3. The van der Waals surface area contributed by atoms with E-state index < -0.39 is 16.8 Å². The highest BCUT2D eigenvalue weighted by molar-refractivity contribution is 5.82. The second-order valence-corrected chi connectivity index (χ2v) is 14.1. The molecular formula is C45H45N7O. The lowest BCUT2D eigenvalue weighted by atomic mass is 9.77. The second-order valence-electron chi connectivity index (χ2n) is 14.1. The zero-order chi connectivity index (χ0) is 37.1. The molecule has 1 aliphatic rings. The molecule has 2 atom stereocenters. The van der Waals surface area contributed by atoms with Crippen LogP contribution in [0.25, 0.3) is 22.5 Å². The Balaban J connectivity index is 1.37. The Morgan fingerprint density at radius 1 is 0.755 bits per heavy atom. The van der Waals surface area contributed by atoms with Crippen molar-refractivity contribution in [3.8, 4) is 28.6 Å². The van der Waals surface area contributed by atoms with Gasteiger partial charge in [0.2, 0.25) is 0 Å². The number of allylic oxidation sites excluding steroid dienone is 1. The molecule has 8 nitrogen and oxygen atoms in total. The van der Waals surface area contributed by atoms with Crippen LogP contribution in [0.2, 0.25) is 0 Å². The molecule has 2 unspecified atom stereocenters. The fourth-order valence-corrected chi connectivity index (χ4v) is 7.73. The SMILES string of the molecule is CCCCC1(C)NC(C(C)(O)CC)=C(C#N)N1c1ccc(-c2ccccc2-c2nnnn2C(c2ccccc2)(c2ccccc2)c2ccccc2)cc1. The first kappa shape index (κ1) is 35.4. The van der Waals surface area contributed by atoms with Crippen LogP contribution in [-0.2, 0) is 5.54 Å². The van der Waals surface area contributed by atoms with Gasteiger partial charge in [0.05, 0.1) is 5.70 Å². The topological polar surface area (TPSA) is 103 Å². The van der Waals surface area contributed by atoms with Gasteiger partial charge in [0, 0.05) is 11.3 Å². The summed E-state index contributed by atoms with van der Waals surface area (Å²) in [7, 11) is 0. The minimum Gasteiger partial charge on any atom is -0.384 e. The quantitative estimate of drug-likeness (QED) is 0.123. The van der Waals surface area contributed by atoms with E-state index in [2.05, 4.69) is 145 Å². The number of nitrogens with zero attached hydrogens (tertiary/aromatic N) is 6. The molecule has 0 amide bonds. The molecule has 0 spiro atoms. The zero-order valence-electron chi connectivity index (χ0n) is 30.7. The van der Waals surface area contributed by atoms with Gasteiger partial charge in [0.1, 0.15) is 28.6 Å². The maximum Gasteiger partial charge on any atom is 0.184 e. The average Bonchev–Trinajstić information content (AvgIpc) is 3.82. The number of anilines is 1. The van der Waals surface area contributed by atoms with Crippen molar-refractivity contribution in [2.45, 2.75) is 70.2 Å². The van der Waals surface area contributed by atoms with E-state index in [1.165, 1.54) is 0 Å². The molecule has 0 aliphatic carbocycles. The zero-order valence-corrected chi connectivity index (χ0v) is 30.7. The largest absolute Gasteiger partial charge is 0.384 e. The van der Waals surface area contributed by atoms with E-state index in [1.54, 1.807) is 6.92 Å². The molecule has 2 heterocycles. The number of aliphatic hydroxyl groups is 1. The van der Waals surface area contributed by atoms with Crippen molar-refractivity contribution in [1.29, 1.82) is 5.26 Å². The lowest BCUT2D eigenvalue weighted by Crippen LogP contribution is -2.51. The summed E-state index contributed by atoms with van der Waals surface area (Å²) in [6.45, 7) is 7.98. The summed E-state index contributed by atoms with van der Waals surface area (Å²) in [6.07, 6.45) is 3.27. The minimum absolute atomic E-state index is 0.446. The highest BCUT2D eigenvalue weighted by atomic mass is 16.3. The van der Waals surface area contributed by atoms with Crippen molar-refractivity contribution in [3.05, 3.63) is 168 Å². The Hall–Kier alpha value is -6.04. The molecule has 2 N–H and O–H groups in total. The van der Waals surface area contributed by atoms with Gasteiger partial charge < -0.3 is 15.3 Å². The smallest absolute Gasteiger partial charge is 0.184 e. The van der Waals surface area contributed by atoms with Crippen LogP contribution in [0.4, 0.5) is 5.69 Å². The number of hydrogen-bond acceptors (Lipinski definition) is 7. The highest BCUT2D eigenvalue weighted by Gasteiger charge is 2.47. The van der Waals surface area contributed by atoms with Crippen LogP contribution >= 0.6 is 0 Å². The van der Waals surface area contributed by atoms with E-state index in [4.69, 9.17) is 10.3 Å². The van der Waals surface area contributed by atoms with Crippen molar-refractivity contribution in [1.82, 2.24) is 25.5 Å². The van der Waals surface area contributed by atoms with Crippen LogP contribution in [0.15, 0.2) is 151 Å². The number of tetrazole rings is 1. The molecule has 6 aromatic rings. The van der Waals surface area contributed by atoms with Crippen molar-refractivity contribution >= 4 is 5.69 Å². The van der Waals surface area contributed by atoms with Crippen molar-refractivity contribution in [3.63, 3.8) is 0 Å². The van der Waals surface area contributed by atoms with Gasteiger partial charge in [-0.2, -0.15) is 5.26 Å².